The summed E-state index contributed by atoms with van der Waals surface area (Å²) < 4.78 is 0. The molecule has 1 N–H and O–H groups in total. The highest BCUT2D eigenvalue weighted by Gasteiger charge is 2.37. The number of benzene rings is 1. The summed E-state index contributed by atoms with van der Waals surface area (Å²) in [4.78, 5) is 2.83. The third kappa shape index (κ3) is 3.32. The van der Waals surface area contributed by atoms with Gasteiger partial charge in [-0.1, -0.05) is 44.5 Å². The fourth-order valence-electron chi connectivity index (χ4n) is 4.45. The molecule has 1 aromatic rings. The van der Waals surface area contributed by atoms with E-state index in [1.807, 2.05) is 0 Å². The standard InChI is InChI=1S/C19H30N2/c1-3-15-8-5-6-9-16(15)14-21-18-10-7-11-19(21)13-17(12-18)20-4-2/h5-6,8-9,17-20H,3-4,7,10-14H2,1-2H3. The molecule has 0 aliphatic carbocycles. The molecule has 1 aromatic carbocycles. The summed E-state index contributed by atoms with van der Waals surface area (Å²) in [5.41, 5.74) is 3.09. The van der Waals surface area contributed by atoms with Crippen LogP contribution in [0, 0.1) is 0 Å². The number of nitrogens with one attached hydrogen (secondary N) is 1. The molecule has 0 amide bonds. The lowest BCUT2D eigenvalue weighted by Gasteiger charge is -2.49. The van der Waals surface area contributed by atoms with E-state index in [2.05, 4.69) is 48.3 Å². The molecule has 21 heavy (non-hydrogen) atoms. The van der Waals surface area contributed by atoms with Crippen LogP contribution in [0.4, 0.5) is 0 Å². The van der Waals surface area contributed by atoms with Crippen molar-refractivity contribution >= 4 is 0 Å². The van der Waals surface area contributed by atoms with Crippen molar-refractivity contribution in [3.05, 3.63) is 35.4 Å². The van der Waals surface area contributed by atoms with Crippen LogP contribution in [-0.4, -0.2) is 29.6 Å². The van der Waals surface area contributed by atoms with Gasteiger partial charge in [-0.25, -0.2) is 0 Å². The maximum absolute atomic E-state index is 3.69. The van der Waals surface area contributed by atoms with Crippen molar-refractivity contribution < 1.29 is 0 Å². The maximum Gasteiger partial charge on any atom is 0.0242 e. The fraction of sp³-hybridized carbons (Fsp3) is 0.684. The van der Waals surface area contributed by atoms with Gasteiger partial charge in [0.1, 0.15) is 0 Å². The van der Waals surface area contributed by atoms with Gasteiger partial charge in [-0.15, -0.1) is 0 Å². The van der Waals surface area contributed by atoms with Gasteiger partial charge >= 0.3 is 0 Å². The first kappa shape index (κ1) is 15.1. The normalized spacial score (nSPS) is 29.5. The Morgan fingerprint density at radius 1 is 1.05 bits per heavy atom. The molecule has 0 saturated carbocycles. The molecule has 0 aromatic heterocycles. The van der Waals surface area contributed by atoms with E-state index < -0.39 is 0 Å². The number of rotatable bonds is 5. The summed E-state index contributed by atoms with van der Waals surface area (Å²) >= 11 is 0. The van der Waals surface area contributed by atoms with Crippen LogP contribution in [0.3, 0.4) is 0 Å². The predicted octanol–water partition coefficient (Wildman–Crippen LogP) is 3.74. The molecule has 0 spiro atoms. The van der Waals surface area contributed by atoms with Gasteiger partial charge in [-0.3, -0.25) is 4.90 Å². The van der Waals surface area contributed by atoms with E-state index in [-0.39, 0.29) is 0 Å². The lowest BCUT2D eigenvalue weighted by atomic mass is 9.81. The van der Waals surface area contributed by atoms with E-state index in [1.54, 1.807) is 5.56 Å². The second-order valence-corrected chi connectivity index (χ2v) is 6.76. The molecule has 116 valence electrons. The lowest BCUT2D eigenvalue weighted by molar-refractivity contribution is 0.0178. The van der Waals surface area contributed by atoms with E-state index in [0.29, 0.717) is 0 Å². The highest BCUT2D eigenvalue weighted by atomic mass is 15.2. The maximum atomic E-state index is 3.69. The first-order valence-electron chi connectivity index (χ1n) is 8.87. The molecule has 2 fully saturated rings. The zero-order valence-electron chi connectivity index (χ0n) is 13.6. The van der Waals surface area contributed by atoms with Crippen molar-refractivity contribution in [2.24, 2.45) is 0 Å². The molecule has 2 saturated heterocycles. The highest BCUT2D eigenvalue weighted by molar-refractivity contribution is 5.27. The summed E-state index contributed by atoms with van der Waals surface area (Å²) in [6, 6.07) is 11.4. The van der Waals surface area contributed by atoms with Crippen LogP contribution in [-0.2, 0) is 13.0 Å². The van der Waals surface area contributed by atoms with Gasteiger partial charge in [0.25, 0.3) is 0 Å². The zero-order valence-corrected chi connectivity index (χ0v) is 13.6. The van der Waals surface area contributed by atoms with Gasteiger partial charge in [-0.2, -0.15) is 0 Å². The Kier molecular flexibility index (Phi) is 4.97. The fourth-order valence-corrected chi connectivity index (χ4v) is 4.45. The van der Waals surface area contributed by atoms with Crippen LogP contribution in [0.25, 0.3) is 0 Å². The van der Waals surface area contributed by atoms with E-state index >= 15 is 0 Å². The Morgan fingerprint density at radius 3 is 2.33 bits per heavy atom. The number of hydrogen-bond donors (Lipinski definition) is 1. The quantitative estimate of drug-likeness (QED) is 0.887. The first-order valence-corrected chi connectivity index (χ1v) is 8.87. The van der Waals surface area contributed by atoms with Crippen LogP contribution in [0.2, 0.25) is 0 Å². The minimum absolute atomic E-state index is 0.753. The average Bonchev–Trinajstić information content (AvgIpc) is 2.49. The zero-order chi connectivity index (χ0) is 14.7. The Bertz CT molecular complexity index is 443. The molecule has 2 bridgehead atoms. The van der Waals surface area contributed by atoms with Crippen molar-refractivity contribution in [1.29, 1.82) is 0 Å². The van der Waals surface area contributed by atoms with E-state index in [0.717, 1.165) is 37.6 Å². The molecule has 2 heteroatoms. The van der Waals surface area contributed by atoms with Gasteiger partial charge in [0.15, 0.2) is 0 Å². The monoisotopic (exact) mass is 286 g/mol. The second-order valence-electron chi connectivity index (χ2n) is 6.76. The SMILES string of the molecule is CCNC1CC2CCCC(C1)N2Cc1ccccc1CC. The van der Waals surface area contributed by atoms with E-state index in [9.17, 15) is 0 Å². The third-order valence-corrected chi connectivity index (χ3v) is 5.47. The van der Waals surface area contributed by atoms with Gasteiger partial charge in [-0.05, 0) is 49.8 Å². The lowest BCUT2D eigenvalue weighted by Crippen LogP contribution is -2.55. The number of hydrogen-bond acceptors (Lipinski definition) is 2. The van der Waals surface area contributed by atoms with Crippen molar-refractivity contribution in [3.63, 3.8) is 0 Å². The largest absolute Gasteiger partial charge is 0.314 e. The smallest absolute Gasteiger partial charge is 0.0242 e. The summed E-state index contributed by atoms with van der Waals surface area (Å²) in [5.74, 6) is 0. The topological polar surface area (TPSA) is 15.3 Å². The highest BCUT2D eigenvalue weighted by Crippen LogP contribution is 2.35. The average molecular weight is 286 g/mol. The number of aryl methyl sites for hydroxylation is 1. The molecule has 3 rings (SSSR count). The van der Waals surface area contributed by atoms with Gasteiger partial charge in [0.2, 0.25) is 0 Å². The van der Waals surface area contributed by atoms with Crippen molar-refractivity contribution in [2.75, 3.05) is 6.54 Å². The van der Waals surface area contributed by atoms with Crippen molar-refractivity contribution in [2.45, 2.75) is 77.0 Å². The molecule has 0 radical (unpaired) electrons. The van der Waals surface area contributed by atoms with Crippen LogP contribution < -0.4 is 5.32 Å². The molecule has 2 unspecified atom stereocenters. The summed E-state index contributed by atoms with van der Waals surface area (Å²) in [5, 5.41) is 3.69. The van der Waals surface area contributed by atoms with Gasteiger partial charge < -0.3 is 5.32 Å². The summed E-state index contributed by atoms with van der Waals surface area (Å²) in [6.07, 6.45) is 8.07. The van der Waals surface area contributed by atoms with Crippen molar-refractivity contribution in [1.82, 2.24) is 10.2 Å². The van der Waals surface area contributed by atoms with Crippen LogP contribution in [0.5, 0.6) is 0 Å². The number of piperidine rings is 2. The van der Waals surface area contributed by atoms with Crippen LogP contribution in [0.1, 0.15) is 57.1 Å². The Balaban J connectivity index is 1.73. The van der Waals surface area contributed by atoms with Gasteiger partial charge in [0.05, 0.1) is 0 Å². The molecular formula is C19H30N2. The van der Waals surface area contributed by atoms with Crippen LogP contribution >= 0.6 is 0 Å². The molecule has 2 heterocycles. The molecule has 2 nitrogen and oxygen atoms in total. The summed E-state index contributed by atoms with van der Waals surface area (Å²) in [7, 11) is 0. The summed E-state index contributed by atoms with van der Waals surface area (Å²) in [6.45, 7) is 6.79. The minimum Gasteiger partial charge on any atom is -0.314 e. The third-order valence-electron chi connectivity index (χ3n) is 5.47. The van der Waals surface area contributed by atoms with Gasteiger partial charge in [0, 0.05) is 24.7 Å². The Morgan fingerprint density at radius 2 is 1.71 bits per heavy atom. The molecule has 2 atom stereocenters. The number of fused-ring (bicyclic) bond motifs is 2. The van der Waals surface area contributed by atoms with Crippen LogP contribution in [0.15, 0.2) is 24.3 Å². The predicted molar refractivity (Wildman–Crippen MR) is 89.5 cm³/mol. The number of nitrogens with zero attached hydrogens (tertiary/aromatic N) is 1. The minimum atomic E-state index is 0.753. The Labute approximate surface area is 129 Å². The van der Waals surface area contributed by atoms with E-state index in [4.69, 9.17) is 0 Å². The molecule has 2 aliphatic heterocycles. The molecular weight excluding hydrogens is 256 g/mol. The Hall–Kier alpha value is -0.860. The van der Waals surface area contributed by atoms with E-state index in [1.165, 1.54) is 37.7 Å². The first-order chi connectivity index (χ1) is 10.3. The van der Waals surface area contributed by atoms with Crippen molar-refractivity contribution in [3.8, 4) is 0 Å². The second kappa shape index (κ2) is 6.93. The molecule has 2 aliphatic rings.